The predicted octanol–water partition coefficient (Wildman–Crippen LogP) is -2.94. The summed E-state index contributed by atoms with van der Waals surface area (Å²) >= 11 is 0. The zero-order chi connectivity index (χ0) is 74.6. The number of nitrogens with zero attached hydrogens (tertiary/aromatic N) is 6. The van der Waals surface area contributed by atoms with Crippen LogP contribution in [0, 0.1) is 0 Å². The van der Waals surface area contributed by atoms with Gasteiger partial charge in [0.1, 0.15) is 47.3 Å². The number of aromatic nitrogens is 4. The maximum absolute atomic E-state index is 14.0. The Balaban J connectivity index is 0.000000370. The molecule has 0 radical (unpaired) electrons. The number of benzene rings is 4. The standard InChI is InChI=1S/C37H49N9O6.C36H47N9O6.Na.H2O/c1-3-4-15-28(43-33(49)29(19-25-13-9-6-10-14-25)44-31(47)27(38)18-24-11-7-5-8-12-24)32(48)45-30(20-26-21-41-36(39)42-22-26)34(50)46-17-16-37(40,23-46)35(51)52-2;1-2-3-14-27(31(47)44-29(19-25-20-40-35(38)41-21-25)33(49)45-16-15-36(39,22-45)34(50)51)42-32(48)28(18-24-12-8-5-9-13-24)43-30(46)26(37)17-23-10-6-4-7-11-23;;/h5-14,21-22,27-30H,3-4,15-20,23,38,40H2,1-2H3,(H,43,49)(H,44,47)(H,45,48)(H2,39,41,42);4-13,20-21,26-29H,2-3,14-19,22,37,39H2,1H3,(H,42,48)(H,43,46)(H,44,47)(H,50,51)(H2,38,40,41);;1H2/q;;+1;/p-1/t27-,28-,29-,30-,37?;26-,27-,28-,29-,36?;;/m11../s1. The average molecular weight is 1460 g/mol. The number of likely N-dealkylation sites (tertiary alicyclic amines) is 2. The van der Waals surface area contributed by atoms with Crippen LogP contribution < -0.4 is 95.9 Å². The number of methoxy groups -OCH3 is 1. The van der Waals surface area contributed by atoms with Crippen LogP contribution in [0.4, 0.5) is 11.9 Å². The SMILES string of the molecule is CCCC[C@@H](NC(=O)[C@@H](Cc1ccccc1)NC(=O)[C@H](N)Cc1ccccc1)C(=O)N[C@H](Cc1cnc(N)nc1)C(=O)N1CCC(N)(C(=O)O)C1.CCCC[C@@H](NC(=O)[C@@H](Cc1ccccc1)NC(=O)[C@H](N)Cc1ccccc1)C(=O)N[C@H](Cc1cnc(N)nc1)C(=O)N1CCC(N)(C(=O)OC)C1.[Na+].[OH-]. The first-order chi connectivity index (χ1) is 49.3. The van der Waals surface area contributed by atoms with Crippen LogP contribution in [0.3, 0.4) is 0 Å². The number of carboxylic acid groups (broad SMARTS) is 1. The fraction of sp³-hybridized carbons (Fsp3) is 0.425. The maximum Gasteiger partial charge on any atom is 1.00 e. The van der Waals surface area contributed by atoms with Crippen LogP contribution >= 0.6 is 0 Å². The Labute approximate surface area is 632 Å². The molecule has 8 rings (SSSR count). The van der Waals surface area contributed by atoms with Crippen LogP contribution in [0.15, 0.2) is 146 Å². The summed E-state index contributed by atoms with van der Waals surface area (Å²) in [5.74, 6) is -6.28. The molecule has 105 heavy (non-hydrogen) atoms. The van der Waals surface area contributed by atoms with Gasteiger partial charge >= 0.3 is 41.5 Å². The van der Waals surface area contributed by atoms with Gasteiger partial charge in [-0.3, -0.25) is 43.2 Å². The number of hydrogen-bond donors (Lipinski definition) is 13. The molecule has 2 fully saturated rings. The molecule has 4 heterocycles. The van der Waals surface area contributed by atoms with Crippen LogP contribution in [-0.2, 0) is 91.2 Å². The minimum absolute atomic E-state index is 0. The molecule has 10 atom stereocenters. The van der Waals surface area contributed by atoms with Gasteiger partial charge in [0, 0.05) is 76.6 Å². The van der Waals surface area contributed by atoms with E-state index in [1.54, 1.807) is 0 Å². The number of rotatable bonds is 34. The van der Waals surface area contributed by atoms with Crippen molar-refractivity contribution in [2.24, 2.45) is 22.9 Å². The van der Waals surface area contributed by atoms with Gasteiger partial charge in [-0.25, -0.2) is 24.7 Å². The van der Waals surface area contributed by atoms with Gasteiger partial charge < -0.3 is 91.4 Å². The number of anilines is 2. The quantitative estimate of drug-likeness (QED) is 0.0142. The normalized spacial score (nSPS) is 17.4. The molecule has 0 saturated carbocycles. The molecular weight excluding hydrogens is 1360 g/mol. The van der Waals surface area contributed by atoms with E-state index in [9.17, 15) is 53.1 Å². The van der Waals surface area contributed by atoms with E-state index >= 15 is 0 Å². The number of carbonyl (C=O) groups excluding carboxylic acids is 9. The molecule has 2 aliphatic heterocycles. The Bertz CT molecular complexity index is 3810. The van der Waals surface area contributed by atoms with Crippen molar-refractivity contribution in [1.82, 2.24) is 61.6 Å². The number of amides is 8. The first kappa shape index (κ1) is 85.8. The van der Waals surface area contributed by atoms with E-state index in [4.69, 9.17) is 39.1 Å². The van der Waals surface area contributed by atoms with Crippen molar-refractivity contribution in [2.45, 2.75) is 163 Å². The number of hydrogen-bond acceptors (Lipinski definition) is 22. The first-order valence-electron chi connectivity index (χ1n) is 34.4. The van der Waals surface area contributed by atoms with Crippen molar-refractivity contribution in [2.75, 3.05) is 44.8 Å². The number of carboxylic acids is 1. The smallest absolute Gasteiger partial charge is 0.870 e. The van der Waals surface area contributed by atoms with Gasteiger partial charge in [0.25, 0.3) is 0 Å². The van der Waals surface area contributed by atoms with Crippen molar-refractivity contribution >= 4 is 71.1 Å². The Morgan fingerprint density at radius 1 is 0.448 bits per heavy atom. The second-order valence-electron chi connectivity index (χ2n) is 26.1. The van der Waals surface area contributed by atoms with Crippen molar-refractivity contribution in [3.8, 4) is 0 Å². The van der Waals surface area contributed by atoms with Crippen LogP contribution in [0.1, 0.15) is 98.6 Å². The summed E-state index contributed by atoms with van der Waals surface area (Å²) in [6.07, 6.45) is 9.86. The van der Waals surface area contributed by atoms with Crippen molar-refractivity contribution in [3.05, 3.63) is 179 Å². The minimum atomic E-state index is -1.62. The van der Waals surface area contributed by atoms with E-state index in [0.717, 1.165) is 28.7 Å². The molecule has 2 aliphatic rings. The summed E-state index contributed by atoms with van der Waals surface area (Å²) in [6, 6.07) is 28.5. The Kier molecular flexibility index (Phi) is 34.5. The third kappa shape index (κ3) is 26.4. The molecule has 2 aromatic heterocycles. The van der Waals surface area contributed by atoms with Crippen LogP contribution in [0.2, 0.25) is 0 Å². The number of ether oxygens (including phenoxy) is 1. The molecular formula is C73H97N18NaO13. The molecule has 20 N–H and O–H groups in total. The number of unbranched alkanes of at least 4 members (excludes halogenated alkanes) is 2. The summed E-state index contributed by atoms with van der Waals surface area (Å²) in [6.45, 7) is 3.78. The van der Waals surface area contributed by atoms with E-state index in [-0.39, 0.29) is 137 Å². The molecule has 32 heteroatoms. The predicted molar refractivity (Wildman–Crippen MR) is 385 cm³/mol. The van der Waals surface area contributed by atoms with Crippen molar-refractivity contribution in [3.63, 3.8) is 0 Å². The van der Waals surface area contributed by atoms with Gasteiger partial charge in [0.2, 0.25) is 59.2 Å². The second-order valence-corrected chi connectivity index (χ2v) is 26.1. The second kappa shape index (κ2) is 42.2. The van der Waals surface area contributed by atoms with E-state index in [1.165, 1.54) is 41.7 Å². The molecule has 558 valence electrons. The van der Waals surface area contributed by atoms with E-state index < -0.39 is 119 Å². The number of nitrogens with one attached hydrogen (secondary N) is 6. The van der Waals surface area contributed by atoms with Crippen molar-refractivity contribution in [1.29, 1.82) is 0 Å². The molecule has 8 amide bonds. The zero-order valence-electron chi connectivity index (χ0n) is 59.7. The Morgan fingerprint density at radius 2 is 0.733 bits per heavy atom. The fourth-order valence-corrected chi connectivity index (χ4v) is 11.9. The fourth-order valence-electron chi connectivity index (χ4n) is 11.9. The molecule has 31 nitrogen and oxygen atoms in total. The van der Waals surface area contributed by atoms with Gasteiger partial charge in [-0.05, 0) is 71.9 Å². The Hall–Kier alpha value is -9.86. The first-order valence-corrected chi connectivity index (χ1v) is 34.4. The third-order valence-electron chi connectivity index (χ3n) is 17.9. The van der Waals surface area contributed by atoms with Crippen LogP contribution in [-0.4, -0.2) is 192 Å². The topological polar surface area (TPSA) is 516 Å². The molecule has 2 unspecified atom stereocenters. The molecule has 0 aliphatic carbocycles. The van der Waals surface area contributed by atoms with Gasteiger partial charge in [0.05, 0.1) is 19.2 Å². The number of carbonyl (C=O) groups is 10. The van der Waals surface area contributed by atoms with Gasteiger partial charge in [-0.15, -0.1) is 0 Å². The largest absolute Gasteiger partial charge is 1.00 e. The summed E-state index contributed by atoms with van der Waals surface area (Å²) in [5, 5.41) is 26.4. The summed E-state index contributed by atoms with van der Waals surface area (Å²) in [4.78, 5) is 153. The monoisotopic (exact) mass is 1460 g/mol. The summed E-state index contributed by atoms with van der Waals surface area (Å²) in [7, 11) is 1.23. The summed E-state index contributed by atoms with van der Waals surface area (Å²) < 4.78 is 4.85. The maximum atomic E-state index is 14.0. The van der Waals surface area contributed by atoms with Crippen LogP contribution in [0.5, 0.6) is 0 Å². The molecule has 4 aromatic carbocycles. The molecule has 0 bridgehead atoms. The van der Waals surface area contributed by atoms with Crippen molar-refractivity contribution < 1.29 is 92.8 Å². The van der Waals surface area contributed by atoms with E-state index in [1.807, 2.05) is 135 Å². The van der Waals surface area contributed by atoms with Gasteiger partial charge in [-0.1, -0.05) is 161 Å². The van der Waals surface area contributed by atoms with Gasteiger partial charge in [-0.2, -0.15) is 0 Å². The van der Waals surface area contributed by atoms with Crippen LogP contribution in [0.25, 0.3) is 0 Å². The number of nitrogen functional groups attached to an aromatic ring is 2. The minimum Gasteiger partial charge on any atom is -0.870 e. The molecule has 2 saturated heterocycles. The molecule has 6 aromatic rings. The zero-order valence-corrected chi connectivity index (χ0v) is 61.7. The van der Waals surface area contributed by atoms with E-state index in [2.05, 4.69) is 51.8 Å². The van der Waals surface area contributed by atoms with Gasteiger partial charge in [0.15, 0.2) is 0 Å². The van der Waals surface area contributed by atoms with E-state index in [0.29, 0.717) is 30.4 Å². The Morgan fingerprint density at radius 3 is 1.05 bits per heavy atom. The molecule has 0 spiro atoms. The number of aliphatic carboxylic acids is 1. The number of nitrogens with two attached hydrogens (primary N) is 6. The average Bonchev–Trinajstić information content (AvgIpc) is 1.66. The summed E-state index contributed by atoms with van der Waals surface area (Å²) in [5.41, 5.74) is 37.4. The third-order valence-corrected chi connectivity index (χ3v) is 17.9. The number of esters is 1.